The second-order valence-corrected chi connectivity index (χ2v) is 5.44. The van der Waals surface area contributed by atoms with Crippen LogP contribution in [-0.4, -0.2) is 21.0 Å². The molecule has 0 saturated carbocycles. The minimum Gasteiger partial charge on any atom is -0.478 e. The van der Waals surface area contributed by atoms with Crippen LogP contribution in [0.2, 0.25) is 10.0 Å². The zero-order chi connectivity index (χ0) is 17.7. The summed E-state index contributed by atoms with van der Waals surface area (Å²) in [5.74, 6) is -0.531. The first-order valence-corrected chi connectivity index (χ1v) is 7.49. The number of aliphatic carboxylic acids is 1. The van der Waals surface area contributed by atoms with Gasteiger partial charge in [0.15, 0.2) is 0 Å². The van der Waals surface area contributed by atoms with E-state index in [4.69, 9.17) is 34.0 Å². The Labute approximate surface area is 148 Å². The SMILES string of the molecule is C=CC(=O)O.Nc1ncnc2cccc(-c3ccc(Cl)c(Cl)c3)c12. The molecule has 0 radical (unpaired) electrons. The maximum absolute atomic E-state index is 9.25. The number of carbonyl (C=O) groups is 1. The first-order valence-electron chi connectivity index (χ1n) is 6.74. The van der Waals surface area contributed by atoms with E-state index in [2.05, 4.69) is 16.5 Å². The van der Waals surface area contributed by atoms with Crippen LogP contribution in [0.3, 0.4) is 0 Å². The maximum atomic E-state index is 9.25. The number of rotatable bonds is 2. The van der Waals surface area contributed by atoms with E-state index in [1.165, 1.54) is 6.33 Å². The molecule has 0 spiro atoms. The van der Waals surface area contributed by atoms with E-state index in [0.29, 0.717) is 15.9 Å². The van der Waals surface area contributed by atoms with Crippen LogP contribution in [-0.2, 0) is 4.79 Å². The number of carboxylic acids is 1. The van der Waals surface area contributed by atoms with Crippen molar-refractivity contribution in [3.05, 3.63) is 65.4 Å². The third kappa shape index (κ3) is 4.01. The lowest BCUT2D eigenvalue weighted by molar-refractivity contribution is -0.131. The quantitative estimate of drug-likeness (QED) is 0.658. The second kappa shape index (κ2) is 7.77. The van der Waals surface area contributed by atoms with Crippen LogP contribution in [0.15, 0.2) is 55.4 Å². The molecule has 5 nitrogen and oxygen atoms in total. The van der Waals surface area contributed by atoms with Crippen LogP contribution in [0.25, 0.3) is 22.0 Å². The highest BCUT2D eigenvalue weighted by Gasteiger charge is 2.09. The fourth-order valence-corrected chi connectivity index (χ4v) is 2.34. The standard InChI is InChI=1S/C14H9Cl2N3.C3H4O2/c15-10-5-4-8(6-11(10)16)9-2-1-3-12-13(9)14(17)19-7-18-12;1-2-3(4)5/h1-7H,(H2,17,18,19);2H,1H2,(H,4,5). The van der Waals surface area contributed by atoms with Crippen LogP contribution < -0.4 is 5.73 Å². The van der Waals surface area contributed by atoms with Gasteiger partial charge in [0.25, 0.3) is 0 Å². The fourth-order valence-electron chi connectivity index (χ4n) is 2.04. The van der Waals surface area contributed by atoms with Gasteiger partial charge in [-0.2, -0.15) is 0 Å². The van der Waals surface area contributed by atoms with Crippen molar-refractivity contribution in [1.82, 2.24) is 9.97 Å². The Morgan fingerprint density at radius 2 is 1.88 bits per heavy atom. The van der Waals surface area contributed by atoms with Crippen molar-refractivity contribution >= 4 is 45.9 Å². The highest BCUT2D eigenvalue weighted by atomic mass is 35.5. The number of benzene rings is 2. The Bertz CT molecular complexity index is 908. The molecule has 2 aromatic carbocycles. The molecular weight excluding hydrogens is 349 g/mol. The number of nitrogen functional groups attached to an aromatic ring is 1. The van der Waals surface area contributed by atoms with Gasteiger partial charge < -0.3 is 10.8 Å². The maximum Gasteiger partial charge on any atom is 0.327 e. The largest absolute Gasteiger partial charge is 0.478 e. The number of fused-ring (bicyclic) bond motifs is 1. The number of nitrogens with zero attached hydrogens (tertiary/aromatic N) is 2. The zero-order valence-corrected chi connectivity index (χ0v) is 13.9. The predicted molar refractivity (Wildman–Crippen MR) is 97.2 cm³/mol. The molecule has 0 saturated heterocycles. The normalized spacial score (nSPS) is 9.92. The average molecular weight is 362 g/mol. The zero-order valence-electron chi connectivity index (χ0n) is 12.4. The van der Waals surface area contributed by atoms with Crippen molar-refractivity contribution in [3.8, 4) is 11.1 Å². The molecule has 0 bridgehead atoms. The van der Waals surface area contributed by atoms with Gasteiger partial charge in [-0.1, -0.05) is 48.0 Å². The summed E-state index contributed by atoms with van der Waals surface area (Å²) in [6.45, 7) is 2.96. The van der Waals surface area contributed by atoms with E-state index in [-0.39, 0.29) is 0 Å². The highest BCUT2D eigenvalue weighted by Crippen LogP contribution is 2.33. The summed E-state index contributed by atoms with van der Waals surface area (Å²) >= 11 is 12.0. The summed E-state index contributed by atoms with van der Waals surface area (Å²) in [6.07, 6.45) is 2.29. The molecule has 1 heterocycles. The molecule has 1 aromatic heterocycles. The monoisotopic (exact) mass is 361 g/mol. The summed E-state index contributed by atoms with van der Waals surface area (Å²) in [7, 11) is 0. The summed E-state index contributed by atoms with van der Waals surface area (Å²) < 4.78 is 0. The molecule has 24 heavy (non-hydrogen) atoms. The molecule has 122 valence electrons. The number of anilines is 1. The number of hydrogen-bond acceptors (Lipinski definition) is 4. The van der Waals surface area contributed by atoms with Gasteiger partial charge in [0.05, 0.1) is 20.9 Å². The van der Waals surface area contributed by atoms with Gasteiger partial charge in [-0.25, -0.2) is 14.8 Å². The van der Waals surface area contributed by atoms with Crippen LogP contribution >= 0.6 is 23.2 Å². The second-order valence-electron chi connectivity index (χ2n) is 4.63. The van der Waals surface area contributed by atoms with Crippen molar-refractivity contribution in [1.29, 1.82) is 0 Å². The van der Waals surface area contributed by atoms with Gasteiger partial charge in [0.2, 0.25) is 0 Å². The van der Waals surface area contributed by atoms with Crippen molar-refractivity contribution in [2.45, 2.75) is 0 Å². The molecule has 0 fully saturated rings. The number of hydrogen-bond donors (Lipinski definition) is 2. The Morgan fingerprint density at radius 3 is 2.50 bits per heavy atom. The van der Waals surface area contributed by atoms with Crippen LogP contribution in [0.4, 0.5) is 5.82 Å². The third-order valence-electron chi connectivity index (χ3n) is 3.10. The van der Waals surface area contributed by atoms with Crippen molar-refractivity contribution < 1.29 is 9.90 Å². The molecule has 0 atom stereocenters. The molecule has 3 rings (SSSR count). The molecule has 0 amide bonds. The molecule has 3 N–H and O–H groups in total. The Balaban J connectivity index is 0.000000368. The van der Waals surface area contributed by atoms with Crippen molar-refractivity contribution in [3.63, 3.8) is 0 Å². The minimum atomic E-state index is -0.981. The van der Waals surface area contributed by atoms with E-state index < -0.39 is 5.97 Å². The predicted octanol–water partition coefficient (Wildman–Crippen LogP) is 4.44. The molecule has 7 heteroatoms. The molecule has 0 aliphatic rings. The Morgan fingerprint density at radius 1 is 1.17 bits per heavy atom. The van der Waals surface area contributed by atoms with E-state index in [1.807, 2.05) is 30.3 Å². The topological polar surface area (TPSA) is 89.1 Å². The third-order valence-corrected chi connectivity index (χ3v) is 3.84. The van der Waals surface area contributed by atoms with Gasteiger partial charge in [0, 0.05) is 6.08 Å². The van der Waals surface area contributed by atoms with E-state index >= 15 is 0 Å². The lowest BCUT2D eigenvalue weighted by Crippen LogP contribution is -1.95. The number of carboxylic acid groups (broad SMARTS) is 1. The first kappa shape index (κ1) is 17.7. The Hall–Kier alpha value is -2.63. The van der Waals surface area contributed by atoms with Gasteiger partial charge in [-0.3, -0.25) is 0 Å². The molecule has 3 aromatic rings. The van der Waals surface area contributed by atoms with Gasteiger partial charge in [-0.15, -0.1) is 0 Å². The number of nitrogens with two attached hydrogens (primary N) is 1. The van der Waals surface area contributed by atoms with Gasteiger partial charge in [0.1, 0.15) is 12.1 Å². The smallest absolute Gasteiger partial charge is 0.327 e. The number of aromatic nitrogens is 2. The summed E-state index contributed by atoms with van der Waals surface area (Å²) in [5, 5.41) is 9.46. The molecule has 0 aliphatic carbocycles. The fraction of sp³-hybridized carbons (Fsp3) is 0. The van der Waals surface area contributed by atoms with Crippen LogP contribution in [0.1, 0.15) is 0 Å². The lowest BCUT2D eigenvalue weighted by atomic mass is 10.0. The van der Waals surface area contributed by atoms with Gasteiger partial charge in [-0.05, 0) is 29.3 Å². The molecule has 0 aliphatic heterocycles. The van der Waals surface area contributed by atoms with Crippen molar-refractivity contribution in [2.24, 2.45) is 0 Å². The van der Waals surface area contributed by atoms with E-state index in [9.17, 15) is 4.79 Å². The summed E-state index contributed by atoms with van der Waals surface area (Å²) in [4.78, 5) is 17.5. The molecular formula is C17H13Cl2N3O2. The number of halogens is 2. The highest BCUT2D eigenvalue weighted by molar-refractivity contribution is 6.42. The average Bonchev–Trinajstić information content (AvgIpc) is 2.57. The van der Waals surface area contributed by atoms with Crippen LogP contribution in [0.5, 0.6) is 0 Å². The summed E-state index contributed by atoms with van der Waals surface area (Å²) in [6, 6.07) is 11.3. The van der Waals surface area contributed by atoms with E-state index in [0.717, 1.165) is 28.1 Å². The van der Waals surface area contributed by atoms with Crippen molar-refractivity contribution in [2.75, 3.05) is 5.73 Å². The molecule has 0 unspecified atom stereocenters. The van der Waals surface area contributed by atoms with E-state index in [1.54, 1.807) is 6.07 Å². The summed E-state index contributed by atoms with van der Waals surface area (Å²) in [5.41, 5.74) is 8.63. The van der Waals surface area contributed by atoms with Crippen LogP contribution in [0, 0.1) is 0 Å². The minimum absolute atomic E-state index is 0.451. The Kier molecular flexibility index (Phi) is 5.73. The van der Waals surface area contributed by atoms with Gasteiger partial charge >= 0.3 is 5.97 Å². The first-order chi connectivity index (χ1) is 11.4. The lowest BCUT2D eigenvalue weighted by Gasteiger charge is -2.08.